The van der Waals surface area contributed by atoms with E-state index in [2.05, 4.69) is 5.32 Å². The largest absolute Gasteiger partial charge is 0.493 e. The molecule has 0 aliphatic carbocycles. The van der Waals surface area contributed by atoms with Crippen molar-refractivity contribution in [3.05, 3.63) is 34.6 Å². The number of fused-ring (bicyclic) bond motifs is 1. The van der Waals surface area contributed by atoms with Gasteiger partial charge in [-0.15, -0.1) is 0 Å². The van der Waals surface area contributed by atoms with Crippen LogP contribution in [0.2, 0.25) is 0 Å². The van der Waals surface area contributed by atoms with Gasteiger partial charge in [-0.1, -0.05) is 0 Å². The number of aliphatic carboxylic acids is 1. The van der Waals surface area contributed by atoms with Crippen LogP contribution in [0.4, 0.5) is 0 Å². The second kappa shape index (κ2) is 8.08. The summed E-state index contributed by atoms with van der Waals surface area (Å²) in [5, 5.41) is 12.2. The molecule has 6 heteroatoms. The van der Waals surface area contributed by atoms with Crippen LogP contribution in [0.15, 0.2) is 16.6 Å². The number of carbonyl (C=O) groups excluding carboxylic acids is 1. The molecule has 2 N–H and O–H groups in total. The zero-order chi connectivity index (χ0) is 19.4. The third-order valence-electron chi connectivity index (χ3n) is 4.35. The van der Waals surface area contributed by atoms with E-state index in [4.69, 9.17) is 14.3 Å². The van der Waals surface area contributed by atoms with Crippen LogP contribution in [-0.2, 0) is 9.59 Å². The minimum atomic E-state index is -0.948. The summed E-state index contributed by atoms with van der Waals surface area (Å²) in [5.74, 6) is 0.275. The lowest BCUT2D eigenvalue weighted by molar-refractivity contribution is -0.136. The monoisotopic (exact) mass is 359 g/mol. The first-order chi connectivity index (χ1) is 12.3. The van der Waals surface area contributed by atoms with Crippen LogP contribution in [0.1, 0.15) is 42.7 Å². The maximum Gasteiger partial charge on any atom is 0.305 e. The highest BCUT2D eigenvalue weighted by molar-refractivity contribution is 5.98. The quantitative estimate of drug-likeness (QED) is 0.735. The number of nitrogens with one attached hydrogen (secondary N) is 1. The number of allylic oxidation sites excluding steroid dienone is 1. The van der Waals surface area contributed by atoms with Gasteiger partial charge in [-0.25, -0.2) is 0 Å². The molecule has 0 aliphatic rings. The molecular formula is C20H25NO5. The minimum Gasteiger partial charge on any atom is -0.493 e. The molecule has 0 radical (unpaired) electrons. The molecule has 0 bridgehead atoms. The average molecular weight is 359 g/mol. The lowest BCUT2D eigenvalue weighted by Gasteiger charge is -2.14. The first-order valence-corrected chi connectivity index (χ1v) is 8.60. The van der Waals surface area contributed by atoms with E-state index < -0.39 is 5.97 Å². The molecule has 0 fully saturated rings. The fourth-order valence-electron chi connectivity index (χ4n) is 2.85. The molecule has 1 aromatic heterocycles. The van der Waals surface area contributed by atoms with Crippen molar-refractivity contribution >= 4 is 28.4 Å². The Morgan fingerprint density at radius 2 is 1.96 bits per heavy atom. The molecule has 0 spiro atoms. The molecule has 0 saturated heterocycles. The Kier molecular flexibility index (Phi) is 6.08. The first-order valence-electron chi connectivity index (χ1n) is 8.60. The zero-order valence-corrected chi connectivity index (χ0v) is 15.9. The third-order valence-corrected chi connectivity index (χ3v) is 4.35. The Morgan fingerprint density at radius 1 is 1.27 bits per heavy atom. The molecule has 1 amide bonds. The maximum atomic E-state index is 12.1. The molecule has 2 aromatic rings. The second-order valence-electron chi connectivity index (χ2n) is 6.23. The lowest BCUT2D eigenvalue weighted by Crippen LogP contribution is -2.24. The van der Waals surface area contributed by atoms with Crippen LogP contribution in [-0.4, -0.2) is 30.1 Å². The summed E-state index contributed by atoms with van der Waals surface area (Å²) < 4.78 is 11.7. The average Bonchev–Trinajstić information content (AvgIpc) is 2.85. The number of carboxylic acids is 1. The van der Waals surface area contributed by atoms with Crippen molar-refractivity contribution in [2.45, 2.75) is 41.0 Å². The topological polar surface area (TPSA) is 88.8 Å². The van der Waals surface area contributed by atoms with Gasteiger partial charge in [0.05, 0.1) is 13.0 Å². The van der Waals surface area contributed by atoms with E-state index in [9.17, 15) is 9.59 Å². The highest BCUT2D eigenvalue weighted by Gasteiger charge is 2.18. The molecule has 26 heavy (non-hydrogen) atoms. The van der Waals surface area contributed by atoms with Gasteiger partial charge in [0.1, 0.15) is 17.1 Å². The summed E-state index contributed by atoms with van der Waals surface area (Å²) in [6.07, 6.45) is 1.36. The minimum absolute atomic E-state index is 0.0916. The van der Waals surface area contributed by atoms with Crippen LogP contribution in [0, 0.1) is 20.8 Å². The van der Waals surface area contributed by atoms with Crippen molar-refractivity contribution in [2.75, 3.05) is 13.2 Å². The molecule has 140 valence electrons. The van der Waals surface area contributed by atoms with Crippen molar-refractivity contribution in [3.63, 3.8) is 0 Å². The number of aryl methyl sites for hydroxylation is 3. The number of furan rings is 1. The van der Waals surface area contributed by atoms with Crippen molar-refractivity contribution in [2.24, 2.45) is 0 Å². The normalized spacial score (nSPS) is 11.7. The van der Waals surface area contributed by atoms with Gasteiger partial charge in [-0.3, -0.25) is 9.59 Å². The fourth-order valence-corrected chi connectivity index (χ4v) is 2.85. The van der Waals surface area contributed by atoms with Crippen LogP contribution < -0.4 is 10.1 Å². The van der Waals surface area contributed by atoms with Gasteiger partial charge in [-0.05, 0) is 51.8 Å². The molecule has 1 aromatic carbocycles. The standard InChI is InChI=1S/C20H25NO5/c1-6-25-19-13(4)20-16(12(3)14(5)26-20)10-15(19)11(2)9-17(22)21-8-7-18(23)24/h9-10H,6-8H2,1-5H3,(H,21,22)(H,23,24)/b11-9+. The summed E-state index contributed by atoms with van der Waals surface area (Å²) >= 11 is 0. The van der Waals surface area contributed by atoms with Gasteiger partial charge in [0, 0.05) is 29.1 Å². The van der Waals surface area contributed by atoms with Crippen molar-refractivity contribution < 1.29 is 23.8 Å². The number of carboxylic acid groups (broad SMARTS) is 1. The molecule has 0 aliphatic heterocycles. The second-order valence-corrected chi connectivity index (χ2v) is 6.23. The van der Waals surface area contributed by atoms with Crippen LogP contribution in [0.3, 0.4) is 0 Å². The fraction of sp³-hybridized carbons (Fsp3) is 0.400. The number of ether oxygens (including phenoxy) is 1. The Morgan fingerprint density at radius 3 is 2.58 bits per heavy atom. The van der Waals surface area contributed by atoms with Crippen LogP contribution in [0.5, 0.6) is 5.75 Å². The zero-order valence-electron chi connectivity index (χ0n) is 15.9. The molecule has 2 rings (SSSR count). The van der Waals surface area contributed by atoms with E-state index in [1.54, 1.807) is 0 Å². The molecule has 0 saturated carbocycles. The van der Waals surface area contributed by atoms with Crippen LogP contribution in [0.25, 0.3) is 16.5 Å². The SMILES string of the molecule is CCOc1c(/C(C)=C/C(=O)NCCC(=O)O)cc2c(C)c(C)oc2c1C. The highest BCUT2D eigenvalue weighted by Crippen LogP contribution is 2.38. The van der Waals surface area contributed by atoms with Crippen LogP contribution >= 0.6 is 0 Å². The third kappa shape index (κ3) is 4.07. The van der Waals surface area contributed by atoms with E-state index in [1.165, 1.54) is 6.08 Å². The van der Waals surface area contributed by atoms with Crippen molar-refractivity contribution in [3.8, 4) is 5.75 Å². The van der Waals surface area contributed by atoms with Crippen molar-refractivity contribution in [1.82, 2.24) is 5.32 Å². The number of carbonyl (C=O) groups is 2. The lowest BCUT2D eigenvalue weighted by atomic mass is 9.98. The first kappa shape index (κ1) is 19.6. The number of hydrogen-bond donors (Lipinski definition) is 2. The van der Waals surface area contributed by atoms with E-state index in [0.29, 0.717) is 12.4 Å². The van der Waals surface area contributed by atoms with Gasteiger partial charge in [-0.2, -0.15) is 0 Å². The van der Waals surface area contributed by atoms with E-state index in [0.717, 1.165) is 39.0 Å². The molecule has 1 heterocycles. The summed E-state index contributed by atoms with van der Waals surface area (Å²) in [6.45, 7) is 10.2. The predicted molar refractivity (Wildman–Crippen MR) is 101 cm³/mol. The van der Waals surface area contributed by atoms with E-state index in [-0.39, 0.29) is 18.9 Å². The van der Waals surface area contributed by atoms with Gasteiger partial charge in [0.15, 0.2) is 0 Å². The Bertz CT molecular complexity index is 876. The highest BCUT2D eigenvalue weighted by atomic mass is 16.5. The van der Waals surface area contributed by atoms with Gasteiger partial charge in [0.25, 0.3) is 0 Å². The molecular weight excluding hydrogens is 334 g/mol. The maximum absolute atomic E-state index is 12.1. The summed E-state index contributed by atoms with van der Waals surface area (Å²) in [6, 6.07) is 1.98. The number of amides is 1. The Hall–Kier alpha value is -2.76. The smallest absolute Gasteiger partial charge is 0.305 e. The number of hydrogen-bond acceptors (Lipinski definition) is 4. The summed E-state index contributed by atoms with van der Waals surface area (Å²) in [4.78, 5) is 22.6. The summed E-state index contributed by atoms with van der Waals surface area (Å²) in [7, 11) is 0. The summed E-state index contributed by atoms with van der Waals surface area (Å²) in [5.41, 5.74) is 4.32. The van der Waals surface area contributed by atoms with Gasteiger partial charge < -0.3 is 19.6 Å². The molecule has 6 nitrogen and oxygen atoms in total. The van der Waals surface area contributed by atoms with E-state index in [1.807, 2.05) is 40.7 Å². The Labute approximate surface area is 152 Å². The molecule has 0 atom stereocenters. The van der Waals surface area contributed by atoms with Gasteiger partial charge in [0.2, 0.25) is 5.91 Å². The number of rotatable bonds is 7. The number of benzene rings is 1. The van der Waals surface area contributed by atoms with E-state index >= 15 is 0 Å². The predicted octanol–water partition coefficient (Wildman–Crippen LogP) is 3.75. The van der Waals surface area contributed by atoms with Gasteiger partial charge >= 0.3 is 5.97 Å². The van der Waals surface area contributed by atoms with Crippen molar-refractivity contribution in [1.29, 1.82) is 0 Å². The Balaban J connectivity index is 2.44. The molecule has 0 unspecified atom stereocenters.